The van der Waals surface area contributed by atoms with Crippen LogP contribution in [-0.2, 0) is 17.8 Å². The fourth-order valence-electron chi connectivity index (χ4n) is 5.51. The average Bonchev–Trinajstić information content (AvgIpc) is 3.30. The molecule has 6 rings (SSSR count). The van der Waals surface area contributed by atoms with Gasteiger partial charge in [-0.1, -0.05) is 17.7 Å². The van der Waals surface area contributed by atoms with E-state index in [2.05, 4.69) is 14.5 Å². The number of hydrogen-bond donors (Lipinski definition) is 1. The van der Waals surface area contributed by atoms with E-state index < -0.39 is 5.97 Å². The monoisotopic (exact) mass is 588 g/mol. The molecule has 11 heteroatoms. The highest BCUT2D eigenvalue weighted by Crippen LogP contribution is 2.31. The van der Waals surface area contributed by atoms with Crippen LogP contribution in [0.1, 0.15) is 38.5 Å². The number of imidazole rings is 1. The Morgan fingerprint density at radius 2 is 1.86 bits per heavy atom. The van der Waals surface area contributed by atoms with E-state index in [-0.39, 0.29) is 17.6 Å². The highest BCUT2D eigenvalue weighted by Gasteiger charge is 2.26. The van der Waals surface area contributed by atoms with Crippen molar-refractivity contribution in [2.75, 3.05) is 44.7 Å². The van der Waals surface area contributed by atoms with E-state index in [1.165, 1.54) is 0 Å². The summed E-state index contributed by atoms with van der Waals surface area (Å²) in [5, 5.41) is 10.1. The fourth-order valence-corrected chi connectivity index (χ4v) is 5.87. The lowest BCUT2D eigenvalue weighted by Gasteiger charge is -2.35. The maximum absolute atomic E-state index is 13.5. The topological polar surface area (TPSA) is 104 Å². The van der Waals surface area contributed by atoms with Crippen LogP contribution in [0.2, 0.25) is 5.02 Å². The number of carboxylic acids is 1. The van der Waals surface area contributed by atoms with Gasteiger partial charge in [0.1, 0.15) is 5.82 Å². The van der Waals surface area contributed by atoms with Gasteiger partial charge in [0.25, 0.3) is 5.91 Å². The molecule has 10 nitrogen and oxygen atoms in total. The first-order valence-electron chi connectivity index (χ1n) is 14.1. The largest absolute Gasteiger partial charge is 0.478 e. The molecule has 0 saturated carbocycles. The zero-order valence-corrected chi connectivity index (χ0v) is 24.4. The predicted molar refractivity (Wildman–Crippen MR) is 161 cm³/mol. The number of amides is 1. The molecule has 0 spiro atoms. The number of rotatable bonds is 8. The number of carbonyl (C=O) groups excluding carboxylic acids is 1. The molecule has 2 aliphatic heterocycles. The van der Waals surface area contributed by atoms with Crippen LogP contribution in [-0.4, -0.2) is 87.3 Å². The van der Waals surface area contributed by atoms with Gasteiger partial charge in [-0.25, -0.2) is 9.78 Å². The first-order valence-corrected chi connectivity index (χ1v) is 14.5. The predicted octanol–water partition coefficient (Wildman–Crippen LogP) is 4.61. The van der Waals surface area contributed by atoms with Gasteiger partial charge in [0, 0.05) is 46.0 Å². The lowest BCUT2D eigenvalue weighted by atomic mass is 10.1. The lowest BCUT2D eigenvalue weighted by Crippen LogP contribution is -2.48. The number of nitrogens with zero attached hydrogens (tertiary/aromatic N) is 6. The summed E-state index contributed by atoms with van der Waals surface area (Å²) in [4.78, 5) is 40.3. The number of fused-ring (bicyclic) bond motifs is 1. The molecule has 0 aliphatic carbocycles. The molecule has 2 aliphatic rings. The van der Waals surface area contributed by atoms with Crippen LogP contribution in [0, 0.1) is 6.92 Å². The molecule has 2 fully saturated rings. The molecule has 2 aromatic carbocycles. The van der Waals surface area contributed by atoms with E-state index in [1.54, 1.807) is 30.6 Å². The van der Waals surface area contributed by atoms with Crippen molar-refractivity contribution in [1.82, 2.24) is 24.3 Å². The van der Waals surface area contributed by atoms with E-state index in [0.29, 0.717) is 49.9 Å². The second-order valence-corrected chi connectivity index (χ2v) is 11.4. The van der Waals surface area contributed by atoms with E-state index in [4.69, 9.17) is 21.3 Å². The molecular weight excluding hydrogens is 556 g/mol. The van der Waals surface area contributed by atoms with Crippen molar-refractivity contribution < 1.29 is 19.4 Å². The van der Waals surface area contributed by atoms with E-state index in [1.807, 2.05) is 48.0 Å². The molecule has 4 aromatic rings. The molecule has 0 radical (unpaired) electrons. The Morgan fingerprint density at radius 1 is 1.07 bits per heavy atom. The Kier molecular flexibility index (Phi) is 7.85. The summed E-state index contributed by atoms with van der Waals surface area (Å²) in [5.41, 5.74) is 5.05. The summed E-state index contributed by atoms with van der Waals surface area (Å²) in [5.74, 6) is -0.140. The van der Waals surface area contributed by atoms with E-state index in [0.717, 1.165) is 46.8 Å². The van der Waals surface area contributed by atoms with Crippen molar-refractivity contribution in [3.63, 3.8) is 0 Å². The van der Waals surface area contributed by atoms with Crippen molar-refractivity contribution in [3.8, 4) is 0 Å². The number of piperazine rings is 1. The summed E-state index contributed by atoms with van der Waals surface area (Å²) < 4.78 is 7.77. The first kappa shape index (κ1) is 28.1. The Morgan fingerprint density at radius 3 is 2.55 bits per heavy atom. The summed E-state index contributed by atoms with van der Waals surface area (Å²) >= 11 is 6.48. The van der Waals surface area contributed by atoms with Gasteiger partial charge in [-0.2, -0.15) is 0 Å². The molecule has 42 heavy (non-hydrogen) atoms. The number of pyridine rings is 1. The first-order chi connectivity index (χ1) is 20.3. The molecule has 1 atom stereocenters. The van der Waals surface area contributed by atoms with Crippen LogP contribution in [0.5, 0.6) is 0 Å². The van der Waals surface area contributed by atoms with Crippen LogP contribution < -0.4 is 4.90 Å². The number of anilines is 2. The molecule has 1 N–H and O–H groups in total. The molecule has 2 saturated heterocycles. The number of halogens is 1. The number of aromatic nitrogens is 3. The van der Waals surface area contributed by atoms with Gasteiger partial charge in [-0.15, -0.1) is 0 Å². The molecule has 1 amide bonds. The zero-order valence-electron chi connectivity index (χ0n) is 23.7. The van der Waals surface area contributed by atoms with Gasteiger partial charge in [-0.05, 0) is 55.3 Å². The van der Waals surface area contributed by atoms with Crippen molar-refractivity contribution in [1.29, 1.82) is 0 Å². The number of hydrogen-bond acceptors (Lipinski definition) is 7. The van der Waals surface area contributed by atoms with Crippen LogP contribution in [0.25, 0.3) is 11.0 Å². The minimum Gasteiger partial charge on any atom is -0.478 e. The fraction of sp³-hybridized carbons (Fsp3) is 0.355. The molecule has 4 heterocycles. The summed E-state index contributed by atoms with van der Waals surface area (Å²) in [6, 6.07) is 12.8. The normalized spacial score (nSPS) is 17.3. The Bertz CT molecular complexity index is 1640. The lowest BCUT2D eigenvalue weighted by molar-refractivity contribution is -0.0592. The molecule has 218 valence electrons. The van der Waals surface area contributed by atoms with Gasteiger partial charge < -0.3 is 24.2 Å². The summed E-state index contributed by atoms with van der Waals surface area (Å²) in [6.45, 7) is 6.53. The van der Waals surface area contributed by atoms with Crippen LogP contribution in [0.3, 0.4) is 0 Å². The number of aromatic carboxylic acids is 1. The van der Waals surface area contributed by atoms with Crippen molar-refractivity contribution >= 4 is 45.9 Å². The summed E-state index contributed by atoms with van der Waals surface area (Å²) in [7, 11) is 1.91. The van der Waals surface area contributed by atoms with Crippen LogP contribution in [0.4, 0.5) is 11.4 Å². The van der Waals surface area contributed by atoms with E-state index >= 15 is 0 Å². The number of carbonyl (C=O) groups is 2. The van der Waals surface area contributed by atoms with Gasteiger partial charge in [0.15, 0.2) is 0 Å². The third-order valence-electron chi connectivity index (χ3n) is 8.10. The molecule has 0 bridgehead atoms. The average molecular weight is 589 g/mol. The van der Waals surface area contributed by atoms with Crippen LogP contribution in [0.15, 0.2) is 54.9 Å². The maximum atomic E-state index is 13.5. The molecule has 2 aromatic heterocycles. The standard InChI is InChI=1S/C31H33ClN6O4/c1-20-3-6-27(25(32)13-20)35(2)23-14-22(16-33-17-23)30(39)37-10-8-36(9-11-37)19-29-34-26-5-4-21(31(40)41)15-28(26)38(29)18-24-7-12-42-24/h3-6,13-17,24H,7-12,18-19H2,1-2H3,(H,40,41)/t24-/m0/s1. The Hall–Kier alpha value is -3.99. The third-order valence-corrected chi connectivity index (χ3v) is 8.40. The van der Waals surface area contributed by atoms with E-state index in [9.17, 15) is 14.7 Å². The van der Waals surface area contributed by atoms with Gasteiger partial charge in [0.05, 0.1) is 63.9 Å². The van der Waals surface area contributed by atoms with Crippen molar-refractivity contribution in [2.45, 2.75) is 32.5 Å². The third kappa shape index (κ3) is 5.70. The SMILES string of the molecule is Cc1ccc(N(C)c2cncc(C(=O)N3CCN(Cc4nc5ccc(C(=O)O)cc5n4C[C@@H]4CCO4)CC3)c2)c(Cl)c1. The number of aryl methyl sites for hydroxylation is 1. The van der Waals surface area contributed by atoms with Gasteiger partial charge >= 0.3 is 5.97 Å². The quantitative estimate of drug-likeness (QED) is 0.318. The van der Waals surface area contributed by atoms with Crippen LogP contribution >= 0.6 is 11.6 Å². The van der Waals surface area contributed by atoms with Crippen molar-refractivity contribution in [3.05, 3.63) is 82.4 Å². The zero-order chi connectivity index (χ0) is 29.4. The second kappa shape index (κ2) is 11.7. The highest BCUT2D eigenvalue weighted by molar-refractivity contribution is 6.33. The number of benzene rings is 2. The van der Waals surface area contributed by atoms with Gasteiger partial charge in [-0.3, -0.25) is 14.7 Å². The summed E-state index contributed by atoms with van der Waals surface area (Å²) in [6.07, 6.45) is 4.42. The Balaban J connectivity index is 1.13. The second-order valence-electron chi connectivity index (χ2n) is 10.9. The number of carboxylic acid groups (broad SMARTS) is 1. The van der Waals surface area contributed by atoms with Gasteiger partial charge in [0.2, 0.25) is 0 Å². The molecular formula is C31H33ClN6O4. The highest BCUT2D eigenvalue weighted by atomic mass is 35.5. The maximum Gasteiger partial charge on any atom is 0.335 e. The Labute approximate surface area is 249 Å². The van der Waals surface area contributed by atoms with Crippen molar-refractivity contribution in [2.24, 2.45) is 0 Å². The minimum atomic E-state index is -0.960. The molecule has 0 unspecified atom stereocenters. The smallest absolute Gasteiger partial charge is 0.335 e. The minimum absolute atomic E-state index is 0.0528. The number of ether oxygens (including phenoxy) is 1.